The fourth-order valence-corrected chi connectivity index (χ4v) is 4.19. The van der Waals surface area contributed by atoms with E-state index in [2.05, 4.69) is 4.98 Å². The topological polar surface area (TPSA) is 83.0 Å². The van der Waals surface area contributed by atoms with E-state index in [0.717, 1.165) is 17.7 Å². The molecule has 2 aromatic carbocycles. The standard InChI is InChI=1S/C28H29N3O4/c1-5-15-35-23-13-8-19(16-18(23)2)26(32)24-25(20-7-6-14-29-17-20)31(28(34)27(24)33)22-11-9-21(10-12-22)30(3)4/h6-14,16-17,25,32H,5,15H2,1-4H3/b26-24-. The molecule has 2 heterocycles. The summed E-state index contributed by atoms with van der Waals surface area (Å²) in [7, 11) is 3.86. The summed E-state index contributed by atoms with van der Waals surface area (Å²) < 4.78 is 5.74. The van der Waals surface area contributed by atoms with E-state index in [0.29, 0.717) is 29.2 Å². The number of hydrogen-bond donors (Lipinski definition) is 1. The first-order valence-corrected chi connectivity index (χ1v) is 11.6. The molecule has 1 saturated heterocycles. The Morgan fingerprint density at radius 3 is 2.46 bits per heavy atom. The van der Waals surface area contributed by atoms with Crippen LogP contribution in [0.1, 0.15) is 36.1 Å². The first kappa shape index (κ1) is 24.0. The zero-order valence-electron chi connectivity index (χ0n) is 20.4. The number of pyridine rings is 1. The van der Waals surface area contributed by atoms with Crippen molar-refractivity contribution in [1.29, 1.82) is 0 Å². The molecule has 1 aliphatic heterocycles. The number of aliphatic hydroxyl groups excluding tert-OH is 1. The van der Waals surface area contributed by atoms with Gasteiger partial charge in [0, 0.05) is 43.4 Å². The molecular weight excluding hydrogens is 442 g/mol. The Labute approximate surface area is 205 Å². The Kier molecular flexibility index (Phi) is 6.87. The third-order valence-electron chi connectivity index (χ3n) is 6.00. The van der Waals surface area contributed by atoms with E-state index in [4.69, 9.17) is 4.74 Å². The van der Waals surface area contributed by atoms with E-state index >= 15 is 0 Å². The van der Waals surface area contributed by atoms with Crippen LogP contribution in [0.5, 0.6) is 5.75 Å². The number of amides is 1. The Balaban J connectivity index is 1.84. The van der Waals surface area contributed by atoms with Crippen LogP contribution in [0, 0.1) is 6.92 Å². The monoisotopic (exact) mass is 471 g/mol. The number of ether oxygens (including phenoxy) is 1. The molecule has 0 bridgehead atoms. The lowest BCUT2D eigenvalue weighted by atomic mass is 9.95. The molecule has 35 heavy (non-hydrogen) atoms. The smallest absolute Gasteiger partial charge is 0.300 e. The van der Waals surface area contributed by atoms with Gasteiger partial charge in [0.05, 0.1) is 18.2 Å². The van der Waals surface area contributed by atoms with Crippen LogP contribution in [0.25, 0.3) is 5.76 Å². The van der Waals surface area contributed by atoms with E-state index in [-0.39, 0.29) is 11.3 Å². The molecule has 1 aliphatic rings. The number of benzene rings is 2. The molecule has 0 radical (unpaired) electrons. The van der Waals surface area contributed by atoms with Crippen LogP contribution in [0.2, 0.25) is 0 Å². The third-order valence-corrected chi connectivity index (χ3v) is 6.00. The maximum atomic E-state index is 13.3. The first-order chi connectivity index (χ1) is 16.8. The summed E-state index contributed by atoms with van der Waals surface area (Å²) in [5, 5.41) is 11.3. The van der Waals surface area contributed by atoms with Crippen LogP contribution in [0.4, 0.5) is 11.4 Å². The van der Waals surface area contributed by atoms with E-state index in [1.54, 1.807) is 54.9 Å². The van der Waals surface area contributed by atoms with Gasteiger partial charge in [0.15, 0.2) is 0 Å². The lowest BCUT2D eigenvalue weighted by Crippen LogP contribution is -2.29. The van der Waals surface area contributed by atoms with Crippen molar-refractivity contribution in [2.75, 3.05) is 30.5 Å². The number of aliphatic hydroxyl groups is 1. The van der Waals surface area contributed by atoms with E-state index in [1.165, 1.54) is 4.90 Å². The minimum absolute atomic E-state index is 0.0290. The van der Waals surface area contributed by atoms with Crippen LogP contribution < -0.4 is 14.5 Å². The molecular formula is C28H29N3O4. The van der Waals surface area contributed by atoms with E-state index < -0.39 is 17.7 Å². The summed E-state index contributed by atoms with van der Waals surface area (Å²) in [6.07, 6.45) is 4.11. The van der Waals surface area contributed by atoms with Gasteiger partial charge in [0.2, 0.25) is 0 Å². The van der Waals surface area contributed by atoms with Gasteiger partial charge in [0.25, 0.3) is 11.7 Å². The molecule has 0 aliphatic carbocycles. The molecule has 3 aromatic rings. The van der Waals surface area contributed by atoms with Gasteiger partial charge in [-0.05, 0) is 73.0 Å². The molecule has 0 spiro atoms. The molecule has 4 rings (SSSR count). The van der Waals surface area contributed by atoms with Gasteiger partial charge < -0.3 is 14.7 Å². The van der Waals surface area contributed by atoms with Crippen LogP contribution in [0.3, 0.4) is 0 Å². The number of aromatic nitrogens is 1. The molecule has 1 aromatic heterocycles. The fourth-order valence-electron chi connectivity index (χ4n) is 4.19. The Bertz CT molecular complexity index is 1270. The zero-order chi connectivity index (χ0) is 25.1. The minimum Gasteiger partial charge on any atom is -0.507 e. The predicted octanol–water partition coefficient (Wildman–Crippen LogP) is 4.87. The number of aryl methyl sites for hydroxylation is 1. The summed E-state index contributed by atoms with van der Waals surface area (Å²) >= 11 is 0. The lowest BCUT2D eigenvalue weighted by Gasteiger charge is -2.25. The second-order valence-corrected chi connectivity index (χ2v) is 8.70. The maximum absolute atomic E-state index is 13.3. The Morgan fingerprint density at radius 2 is 1.86 bits per heavy atom. The molecule has 180 valence electrons. The number of hydrogen-bond acceptors (Lipinski definition) is 6. The molecule has 0 saturated carbocycles. The summed E-state index contributed by atoms with van der Waals surface area (Å²) in [5.41, 5.74) is 3.45. The highest BCUT2D eigenvalue weighted by Gasteiger charge is 2.47. The highest BCUT2D eigenvalue weighted by Crippen LogP contribution is 2.42. The average Bonchev–Trinajstić information content (AvgIpc) is 3.13. The van der Waals surface area contributed by atoms with Gasteiger partial charge in [0.1, 0.15) is 11.5 Å². The molecule has 1 N–H and O–H groups in total. The van der Waals surface area contributed by atoms with Crippen molar-refractivity contribution in [3.63, 3.8) is 0 Å². The van der Waals surface area contributed by atoms with Crippen molar-refractivity contribution >= 4 is 28.8 Å². The number of Topliss-reactive ketones (excluding diaryl/α,β-unsaturated/α-hetero) is 1. The second-order valence-electron chi connectivity index (χ2n) is 8.70. The third kappa shape index (κ3) is 4.62. The maximum Gasteiger partial charge on any atom is 0.300 e. The molecule has 1 amide bonds. The second kappa shape index (κ2) is 10.0. The van der Waals surface area contributed by atoms with Crippen LogP contribution in [-0.2, 0) is 9.59 Å². The van der Waals surface area contributed by atoms with Gasteiger partial charge in [-0.2, -0.15) is 0 Å². The van der Waals surface area contributed by atoms with E-state index in [1.807, 2.05) is 45.0 Å². The summed E-state index contributed by atoms with van der Waals surface area (Å²) in [6.45, 7) is 4.50. The minimum atomic E-state index is -0.815. The average molecular weight is 472 g/mol. The first-order valence-electron chi connectivity index (χ1n) is 11.6. The summed E-state index contributed by atoms with van der Waals surface area (Å²) in [5.74, 6) is -0.946. The predicted molar refractivity (Wildman–Crippen MR) is 137 cm³/mol. The molecule has 7 nitrogen and oxygen atoms in total. The Hall–Kier alpha value is -4.13. The molecule has 1 fully saturated rings. The van der Waals surface area contributed by atoms with Gasteiger partial charge in [-0.1, -0.05) is 13.0 Å². The summed E-state index contributed by atoms with van der Waals surface area (Å²) in [6, 6.07) is 15.3. The Morgan fingerprint density at radius 1 is 1.11 bits per heavy atom. The van der Waals surface area contributed by atoms with Crippen molar-refractivity contribution in [1.82, 2.24) is 4.98 Å². The van der Waals surface area contributed by atoms with Crippen LogP contribution in [0.15, 0.2) is 72.6 Å². The van der Waals surface area contributed by atoms with Crippen molar-refractivity contribution in [2.24, 2.45) is 0 Å². The number of carbonyl (C=O) groups excluding carboxylic acids is 2. The highest BCUT2D eigenvalue weighted by molar-refractivity contribution is 6.51. The van der Waals surface area contributed by atoms with Crippen molar-refractivity contribution < 1.29 is 19.4 Å². The lowest BCUT2D eigenvalue weighted by molar-refractivity contribution is -0.132. The normalized spacial score (nSPS) is 17.0. The summed E-state index contributed by atoms with van der Waals surface area (Å²) in [4.78, 5) is 34.1. The van der Waals surface area contributed by atoms with Gasteiger partial charge in [-0.3, -0.25) is 19.5 Å². The van der Waals surface area contributed by atoms with Crippen molar-refractivity contribution in [3.05, 3.63) is 89.3 Å². The van der Waals surface area contributed by atoms with E-state index in [9.17, 15) is 14.7 Å². The number of anilines is 2. The van der Waals surface area contributed by atoms with Crippen LogP contribution in [-0.4, -0.2) is 42.5 Å². The number of nitrogens with zero attached hydrogens (tertiary/aromatic N) is 3. The largest absolute Gasteiger partial charge is 0.507 e. The van der Waals surface area contributed by atoms with Gasteiger partial charge in [-0.15, -0.1) is 0 Å². The quantitative estimate of drug-likeness (QED) is 0.301. The SMILES string of the molecule is CCCOc1ccc(/C(O)=C2/C(=O)C(=O)N(c3ccc(N(C)C)cc3)C2c2cccnc2)cc1C. The molecule has 1 atom stereocenters. The molecule has 7 heteroatoms. The fraction of sp³-hybridized carbons (Fsp3) is 0.250. The van der Waals surface area contributed by atoms with Crippen molar-refractivity contribution in [3.8, 4) is 5.75 Å². The molecule has 1 unspecified atom stereocenters. The van der Waals surface area contributed by atoms with Crippen molar-refractivity contribution in [2.45, 2.75) is 26.3 Å². The number of carbonyl (C=O) groups is 2. The number of rotatable bonds is 7. The van der Waals surface area contributed by atoms with Crippen LogP contribution >= 0.6 is 0 Å². The number of ketones is 1. The zero-order valence-corrected chi connectivity index (χ0v) is 20.4. The van der Waals surface area contributed by atoms with Gasteiger partial charge in [-0.25, -0.2) is 0 Å². The van der Waals surface area contributed by atoms with Gasteiger partial charge >= 0.3 is 0 Å². The highest BCUT2D eigenvalue weighted by atomic mass is 16.5.